The van der Waals surface area contributed by atoms with E-state index in [9.17, 15) is 4.79 Å². The Balaban J connectivity index is 1.24. The van der Waals surface area contributed by atoms with Crippen molar-refractivity contribution in [3.63, 3.8) is 0 Å². The lowest BCUT2D eigenvalue weighted by Gasteiger charge is -2.23. The zero-order valence-corrected chi connectivity index (χ0v) is 19.5. The van der Waals surface area contributed by atoms with Gasteiger partial charge in [0, 0.05) is 49.2 Å². The number of hydrogen-bond donors (Lipinski definition) is 2. The topological polar surface area (TPSA) is 98.3 Å². The highest BCUT2D eigenvalue weighted by Gasteiger charge is 2.15. The molecule has 1 aliphatic heterocycles. The third-order valence-corrected chi connectivity index (χ3v) is 5.92. The van der Waals surface area contributed by atoms with Gasteiger partial charge < -0.3 is 20.1 Å². The number of pyridine rings is 3. The SMILES string of the molecule is Cc1ccccc1Oc1ccnc(CNC(=O)c2ccc3cnc(NC4CCOCC4)cc3n2)c1. The Hall–Kier alpha value is -4.04. The molecule has 1 amide bonds. The van der Waals surface area contributed by atoms with E-state index in [1.165, 1.54) is 0 Å². The van der Waals surface area contributed by atoms with Crippen LogP contribution in [0.5, 0.6) is 11.5 Å². The molecule has 8 heteroatoms. The number of ether oxygens (including phenoxy) is 2. The molecule has 1 saturated heterocycles. The van der Waals surface area contributed by atoms with E-state index in [-0.39, 0.29) is 12.5 Å². The predicted octanol–water partition coefficient (Wildman–Crippen LogP) is 4.65. The van der Waals surface area contributed by atoms with E-state index in [2.05, 4.69) is 25.6 Å². The summed E-state index contributed by atoms with van der Waals surface area (Å²) in [5, 5.41) is 7.22. The fourth-order valence-corrected chi connectivity index (χ4v) is 3.95. The second kappa shape index (κ2) is 10.5. The summed E-state index contributed by atoms with van der Waals surface area (Å²) in [7, 11) is 0. The van der Waals surface area contributed by atoms with Crippen LogP contribution in [-0.2, 0) is 11.3 Å². The van der Waals surface area contributed by atoms with Crippen molar-refractivity contribution in [1.29, 1.82) is 0 Å². The first kappa shape index (κ1) is 22.7. The van der Waals surface area contributed by atoms with E-state index in [1.54, 1.807) is 24.5 Å². The van der Waals surface area contributed by atoms with Crippen LogP contribution in [0.1, 0.15) is 34.6 Å². The molecule has 0 bridgehead atoms. The Kier molecular flexibility index (Phi) is 6.81. The lowest BCUT2D eigenvalue weighted by molar-refractivity contribution is 0.0903. The Morgan fingerprint density at radius 1 is 1.09 bits per heavy atom. The first-order chi connectivity index (χ1) is 17.1. The van der Waals surface area contributed by atoms with Gasteiger partial charge in [0.05, 0.1) is 17.8 Å². The van der Waals surface area contributed by atoms with Gasteiger partial charge in [-0.05, 0) is 49.6 Å². The minimum Gasteiger partial charge on any atom is -0.457 e. The zero-order chi connectivity index (χ0) is 24.0. The molecule has 5 rings (SSSR count). The molecule has 2 N–H and O–H groups in total. The molecular formula is C27H27N5O3. The number of nitrogens with one attached hydrogen (secondary N) is 2. The number of nitrogens with zero attached hydrogens (tertiary/aromatic N) is 3. The molecule has 0 spiro atoms. The fraction of sp³-hybridized carbons (Fsp3) is 0.259. The summed E-state index contributed by atoms with van der Waals surface area (Å²) in [4.78, 5) is 26.2. The van der Waals surface area contributed by atoms with Crippen molar-refractivity contribution in [2.24, 2.45) is 0 Å². The van der Waals surface area contributed by atoms with Crippen LogP contribution in [0.3, 0.4) is 0 Å². The standard InChI is InChI=1S/C27H27N5O3/c1-18-4-2-3-5-25(18)35-22-8-11-28-21(14-22)17-30-27(33)23-7-6-19-16-29-26(15-24(19)32-23)31-20-9-12-34-13-10-20/h2-8,11,14-16,20H,9-10,12-13,17H2,1H3,(H,29,31)(H,30,33). The van der Waals surface area contributed by atoms with Crippen molar-refractivity contribution < 1.29 is 14.3 Å². The number of para-hydroxylation sites is 1. The van der Waals surface area contributed by atoms with Crippen LogP contribution in [0, 0.1) is 6.92 Å². The van der Waals surface area contributed by atoms with Crippen molar-refractivity contribution in [3.05, 3.63) is 83.9 Å². The molecule has 0 radical (unpaired) electrons. The van der Waals surface area contributed by atoms with Crippen LogP contribution in [-0.4, -0.2) is 40.1 Å². The number of amides is 1. The van der Waals surface area contributed by atoms with E-state index in [0.717, 1.165) is 48.6 Å². The number of hydrogen-bond acceptors (Lipinski definition) is 7. The van der Waals surface area contributed by atoms with Crippen molar-refractivity contribution in [2.45, 2.75) is 32.4 Å². The largest absolute Gasteiger partial charge is 0.457 e. The Morgan fingerprint density at radius 3 is 2.80 bits per heavy atom. The van der Waals surface area contributed by atoms with Crippen LogP contribution in [0.2, 0.25) is 0 Å². The smallest absolute Gasteiger partial charge is 0.270 e. The highest BCUT2D eigenvalue weighted by Crippen LogP contribution is 2.24. The number of aryl methyl sites for hydroxylation is 1. The summed E-state index contributed by atoms with van der Waals surface area (Å²) >= 11 is 0. The number of rotatable bonds is 7. The third kappa shape index (κ3) is 5.73. The van der Waals surface area contributed by atoms with Gasteiger partial charge in [0.1, 0.15) is 23.0 Å². The lowest BCUT2D eigenvalue weighted by Crippen LogP contribution is -2.28. The summed E-state index contributed by atoms with van der Waals surface area (Å²) in [6.07, 6.45) is 5.33. The van der Waals surface area contributed by atoms with Crippen molar-refractivity contribution in [2.75, 3.05) is 18.5 Å². The maximum Gasteiger partial charge on any atom is 0.270 e. The normalized spacial score (nSPS) is 14.0. The maximum absolute atomic E-state index is 12.8. The molecular weight excluding hydrogens is 442 g/mol. The number of fused-ring (bicyclic) bond motifs is 1. The molecule has 3 aromatic heterocycles. The van der Waals surface area contributed by atoms with Gasteiger partial charge in [-0.1, -0.05) is 18.2 Å². The summed E-state index contributed by atoms with van der Waals surface area (Å²) in [5.41, 5.74) is 2.79. The number of carbonyl (C=O) groups is 1. The second-order valence-electron chi connectivity index (χ2n) is 8.52. The van der Waals surface area contributed by atoms with E-state index in [4.69, 9.17) is 9.47 Å². The third-order valence-electron chi connectivity index (χ3n) is 5.92. The summed E-state index contributed by atoms with van der Waals surface area (Å²) in [5.74, 6) is 1.94. The van der Waals surface area contributed by atoms with Crippen molar-refractivity contribution >= 4 is 22.6 Å². The van der Waals surface area contributed by atoms with E-state index in [1.807, 2.05) is 49.4 Å². The van der Waals surface area contributed by atoms with Crippen LogP contribution in [0.15, 0.2) is 67.0 Å². The Labute approximate surface area is 203 Å². The molecule has 0 unspecified atom stereocenters. The average Bonchev–Trinajstić information content (AvgIpc) is 2.89. The Bertz CT molecular complexity index is 1340. The van der Waals surface area contributed by atoms with E-state index in [0.29, 0.717) is 28.7 Å². The maximum atomic E-state index is 12.8. The molecule has 0 saturated carbocycles. The number of anilines is 1. The van der Waals surface area contributed by atoms with Crippen LogP contribution >= 0.6 is 0 Å². The van der Waals surface area contributed by atoms with Gasteiger partial charge in [0.25, 0.3) is 5.91 Å². The van der Waals surface area contributed by atoms with Crippen molar-refractivity contribution in [3.8, 4) is 11.5 Å². The van der Waals surface area contributed by atoms with E-state index < -0.39 is 0 Å². The molecule has 1 aromatic carbocycles. The molecule has 0 atom stereocenters. The number of benzene rings is 1. The molecule has 178 valence electrons. The average molecular weight is 470 g/mol. The molecule has 1 fully saturated rings. The highest BCUT2D eigenvalue weighted by molar-refractivity contribution is 5.95. The quantitative estimate of drug-likeness (QED) is 0.407. The number of carbonyl (C=O) groups excluding carboxylic acids is 1. The first-order valence-electron chi connectivity index (χ1n) is 11.7. The summed E-state index contributed by atoms with van der Waals surface area (Å²) in [6.45, 7) is 3.76. The lowest BCUT2D eigenvalue weighted by atomic mass is 10.1. The van der Waals surface area contributed by atoms with Crippen molar-refractivity contribution in [1.82, 2.24) is 20.3 Å². The monoisotopic (exact) mass is 469 g/mol. The summed E-state index contributed by atoms with van der Waals surface area (Å²) < 4.78 is 11.4. The van der Waals surface area contributed by atoms with Crippen LogP contribution < -0.4 is 15.4 Å². The molecule has 1 aliphatic rings. The first-order valence-corrected chi connectivity index (χ1v) is 11.7. The van der Waals surface area contributed by atoms with Crippen LogP contribution in [0.25, 0.3) is 10.9 Å². The van der Waals surface area contributed by atoms with E-state index >= 15 is 0 Å². The predicted molar refractivity (Wildman–Crippen MR) is 134 cm³/mol. The minimum absolute atomic E-state index is 0.260. The van der Waals surface area contributed by atoms with Gasteiger partial charge in [-0.25, -0.2) is 9.97 Å². The Morgan fingerprint density at radius 2 is 1.94 bits per heavy atom. The molecule has 4 heterocycles. The summed E-state index contributed by atoms with van der Waals surface area (Å²) in [6, 6.07) is 17.2. The van der Waals surface area contributed by atoms with Gasteiger partial charge in [0.2, 0.25) is 0 Å². The molecule has 0 aliphatic carbocycles. The fourth-order valence-electron chi connectivity index (χ4n) is 3.95. The van der Waals surface area contributed by atoms with Gasteiger partial charge in [0.15, 0.2) is 0 Å². The van der Waals surface area contributed by atoms with Crippen LogP contribution in [0.4, 0.5) is 5.82 Å². The zero-order valence-electron chi connectivity index (χ0n) is 19.5. The molecule has 8 nitrogen and oxygen atoms in total. The van der Waals surface area contributed by atoms with Gasteiger partial charge in [-0.15, -0.1) is 0 Å². The molecule has 4 aromatic rings. The molecule has 35 heavy (non-hydrogen) atoms. The highest BCUT2D eigenvalue weighted by atomic mass is 16.5. The minimum atomic E-state index is -0.269. The van der Waals surface area contributed by atoms with Gasteiger partial charge >= 0.3 is 0 Å². The second-order valence-corrected chi connectivity index (χ2v) is 8.52. The van der Waals surface area contributed by atoms with Gasteiger partial charge in [-0.2, -0.15) is 0 Å². The van der Waals surface area contributed by atoms with Gasteiger partial charge in [-0.3, -0.25) is 9.78 Å². The number of aromatic nitrogens is 3.